The Morgan fingerprint density at radius 2 is 1.60 bits per heavy atom. The highest BCUT2D eigenvalue weighted by atomic mass is 32.2. The maximum Gasteiger partial charge on any atom is 0.203 e. The Balaban J connectivity index is 1.91. The number of fused-ring (bicyclic) bond motifs is 1. The van der Waals surface area contributed by atoms with Crippen molar-refractivity contribution in [3.05, 3.63) is 58.8 Å². The maximum atomic E-state index is 5.58. The predicted molar refractivity (Wildman–Crippen MR) is 121 cm³/mol. The van der Waals surface area contributed by atoms with E-state index in [1.807, 2.05) is 42.8 Å². The molecule has 2 heterocycles. The predicted octanol–water partition coefficient (Wildman–Crippen LogP) is 5.40. The van der Waals surface area contributed by atoms with Gasteiger partial charge in [0.1, 0.15) is 0 Å². The van der Waals surface area contributed by atoms with Gasteiger partial charge in [0.2, 0.25) is 5.75 Å². The molecule has 3 aromatic rings. The van der Waals surface area contributed by atoms with Crippen LogP contribution >= 0.6 is 11.8 Å². The van der Waals surface area contributed by atoms with Crippen molar-refractivity contribution < 1.29 is 14.2 Å². The molecule has 0 saturated heterocycles. The van der Waals surface area contributed by atoms with Gasteiger partial charge in [0.05, 0.1) is 43.0 Å². The van der Waals surface area contributed by atoms with Crippen LogP contribution in [-0.2, 0) is 0 Å². The quantitative estimate of drug-likeness (QED) is 0.550. The van der Waals surface area contributed by atoms with Crippen LogP contribution in [0.5, 0.6) is 17.2 Å². The average molecular weight is 424 g/mol. The average Bonchev–Trinajstić information content (AvgIpc) is 3.08. The molecule has 1 atom stereocenters. The lowest BCUT2D eigenvalue weighted by molar-refractivity contribution is 0.324. The molecule has 1 aliphatic heterocycles. The number of aryl methyl sites for hydroxylation is 2. The molecule has 0 amide bonds. The van der Waals surface area contributed by atoms with Crippen LogP contribution in [0, 0.1) is 13.8 Å². The number of benzene rings is 2. The number of aromatic nitrogens is 2. The first kappa shape index (κ1) is 20.3. The Labute approximate surface area is 180 Å². The number of methoxy groups -OCH3 is 3. The zero-order chi connectivity index (χ0) is 21.4. The minimum atomic E-state index is 0.0176. The van der Waals surface area contributed by atoms with Gasteiger partial charge < -0.3 is 14.2 Å². The molecular weight excluding hydrogens is 398 g/mol. The molecule has 0 aliphatic carbocycles. The molecule has 1 aromatic heterocycles. The van der Waals surface area contributed by atoms with Gasteiger partial charge in [-0.2, -0.15) is 5.10 Å². The largest absolute Gasteiger partial charge is 0.493 e. The van der Waals surface area contributed by atoms with Crippen molar-refractivity contribution in [2.45, 2.75) is 26.0 Å². The first-order chi connectivity index (χ1) is 14.5. The first-order valence-corrected chi connectivity index (χ1v) is 10.5. The Morgan fingerprint density at radius 1 is 0.933 bits per heavy atom. The van der Waals surface area contributed by atoms with E-state index in [0.29, 0.717) is 17.2 Å². The third-order valence-electron chi connectivity index (χ3n) is 5.23. The van der Waals surface area contributed by atoms with Crippen molar-refractivity contribution in [2.75, 3.05) is 21.3 Å². The second kappa shape index (κ2) is 8.07. The van der Waals surface area contributed by atoms with Crippen LogP contribution in [0.2, 0.25) is 0 Å². The van der Waals surface area contributed by atoms with E-state index in [4.69, 9.17) is 24.3 Å². The van der Waals surface area contributed by atoms with Crippen molar-refractivity contribution in [3.8, 4) is 22.9 Å². The third kappa shape index (κ3) is 3.33. The van der Waals surface area contributed by atoms with Gasteiger partial charge in [0.25, 0.3) is 0 Å². The fraction of sp³-hybridized carbons (Fsp3) is 0.304. The van der Waals surface area contributed by atoms with Gasteiger partial charge in [-0.1, -0.05) is 30.0 Å². The molecule has 156 valence electrons. The fourth-order valence-corrected chi connectivity index (χ4v) is 4.95. The van der Waals surface area contributed by atoms with Gasteiger partial charge >= 0.3 is 0 Å². The van der Waals surface area contributed by atoms with Crippen molar-refractivity contribution in [1.29, 1.82) is 0 Å². The summed E-state index contributed by atoms with van der Waals surface area (Å²) in [7, 11) is 4.88. The van der Waals surface area contributed by atoms with Crippen molar-refractivity contribution in [2.24, 2.45) is 4.99 Å². The zero-order valence-electron chi connectivity index (χ0n) is 18.0. The molecule has 0 spiro atoms. The highest BCUT2D eigenvalue weighted by Gasteiger charge is 2.32. The molecule has 30 heavy (non-hydrogen) atoms. The lowest BCUT2D eigenvalue weighted by atomic mass is 10.0. The molecule has 2 aromatic carbocycles. The maximum absolute atomic E-state index is 5.58. The van der Waals surface area contributed by atoms with Gasteiger partial charge in [-0.15, -0.1) is 0 Å². The highest BCUT2D eigenvalue weighted by Crippen LogP contribution is 2.50. The number of hydrogen-bond acceptors (Lipinski definition) is 6. The Bertz CT molecular complexity index is 1110. The lowest BCUT2D eigenvalue weighted by Crippen LogP contribution is -2.08. The Kier molecular flexibility index (Phi) is 5.47. The zero-order valence-corrected chi connectivity index (χ0v) is 18.8. The summed E-state index contributed by atoms with van der Waals surface area (Å²) >= 11 is 1.71. The summed E-state index contributed by atoms with van der Waals surface area (Å²) in [5.41, 5.74) is 5.29. The molecule has 4 rings (SSSR count). The van der Waals surface area contributed by atoms with Crippen LogP contribution in [0.4, 0.5) is 5.82 Å². The molecule has 0 saturated carbocycles. The molecular formula is C23H25N3O3S. The van der Waals surface area contributed by atoms with Crippen LogP contribution in [-0.4, -0.2) is 36.2 Å². The third-order valence-corrected chi connectivity index (χ3v) is 6.40. The Morgan fingerprint density at radius 3 is 2.20 bits per heavy atom. The molecule has 0 bridgehead atoms. The number of hydrogen-bond donors (Lipinski definition) is 0. The van der Waals surface area contributed by atoms with Gasteiger partial charge in [0, 0.05) is 5.56 Å². The van der Waals surface area contributed by atoms with Gasteiger partial charge in [-0.05, 0) is 50.1 Å². The van der Waals surface area contributed by atoms with E-state index in [0.717, 1.165) is 38.9 Å². The summed E-state index contributed by atoms with van der Waals surface area (Å²) in [6.07, 6.45) is 0. The molecule has 7 heteroatoms. The van der Waals surface area contributed by atoms with E-state index in [9.17, 15) is 0 Å². The van der Waals surface area contributed by atoms with Gasteiger partial charge in [-0.3, -0.25) is 0 Å². The minimum absolute atomic E-state index is 0.0176. The standard InChI is InChI=1S/C23H25N3O3S/c1-13-9-7-8-10-17(13)26-23-20(14(2)25-26)22(30-15(3)24-23)16-11-18(27-4)21(29-6)19(12-16)28-5/h7-12,22H,1-6H3. The topological polar surface area (TPSA) is 57.9 Å². The second-order valence-corrected chi connectivity index (χ2v) is 8.41. The summed E-state index contributed by atoms with van der Waals surface area (Å²) in [6.45, 7) is 6.15. The monoisotopic (exact) mass is 423 g/mol. The van der Waals surface area contributed by atoms with E-state index in [1.54, 1.807) is 33.1 Å². The van der Waals surface area contributed by atoms with Crippen LogP contribution in [0.15, 0.2) is 41.4 Å². The molecule has 0 N–H and O–H groups in total. The van der Waals surface area contributed by atoms with Crippen molar-refractivity contribution in [3.63, 3.8) is 0 Å². The normalized spacial score (nSPS) is 15.4. The summed E-state index contributed by atoms with van der Waals surface area (Å²) in [6, 6.07) is 12.2. The molecule has 0 radical (unpaired) electrons. The Hall–Kier alpha value is -2.93. The van der Waals surface area contributed by atoms with Crippen LogP contribution in [0.1, 0.15) is 34.6 Å². The van der Waals surface area contributed by atoms with E-state index in [2.05, 4.69) is 19.1 Å². The van der Waals surface area contributed by atoms with Gasteiger partial charge in [0.15, 0.2) is 17.3 Å². The number of ether oxygens (including phenoxy) is 3. The number of aliphatic imine (C=N–C) groups is 1. The van der Waals surface area contributed by atoms with Crippen LogP contribution < -0.4 is 14.2 Å². The lowest BCUT2D eigenvalue weighted by Gasteiger charge is -2.24. The number of nitrogens with zero attached hydrogens (tertiary/aromatic N) is 3. The summed E-state index contributed by atoms with van der Waals surface area (Å²) in [5, 5.41) is 5.86. The summed E-state index contributed by atoms with van der Waals surface area (Å²) in [5.74, 6) is 2.73. The number of rotatable bonds is 5. The molecule has 1 unspecified atom stereocenters. The second-order valence-electron chi connectivity index (χ2n) is 7.11. The smallest absolute Gasteiger partial charge is 0.203 e. The minimum Gasteiger partial charge on any atom is -0.493 e. The fourth-order valence-electron chi connectivity index (χ4n) is 3.80. The van der Waals surface area contributed by atoms with Crippen molar-refractivity contribution in [1.82, 2.24) is 9.78 Å². The summed E-state index contributed by atoms with van der Waals surface area (Å²) in [4.78, 5) is 4.87. The molecule has 0 fully saturated rings. The van der Waals surface area contributed by atoms with E-state index in [1.165, 1.54) is 0 Å². The van der Waals surface area contributed by atoms with Crippen LogP contribution in [0.25, 0.3) is 5.69 Å². The highest BCUT2D eigenvalue weighted by molar-refractivity contribution is 8.14. The van der Waals surface area contributed by atoms with E-state index in [-0.39, 0.29) is 5.25 Å². The summed E-state index contributed by atoms with van der Waals surface area (Å²) < 4.78 is 18.6. The first-order valence-electron chi connectivity index (χ1n) is 9.65. The van der Waals surface area contributed by atoms with Crippen molar-refractivity contribution >= 4 is 22.6 Å². The van der Waals surface area contributed by atoms with Gasteiger partial charge in [-0.25, -0.2) is 9.67 Å². The van der Waals surface area contributed by atoms with E-state index >= 15 is 0 Å². The SMILES string of the molecule is COc1cc(C2SC(C)=Nc3c2c(C)nn3-c2ccccc2C)cc(OC)c1OC. The molecule has 6 nitrogen and oxygen atoms in total. The molecule has 1 aliphatic rings. The number of thioether (sulfide) groups is 1. The van der Waals surface area contributed by atoms with Crippen LogP contribution in [0.3, 0.4) is 0 Å². The number of para-hydroxylation sites is 1. The van der Waals surface area contributed by atoms with E-state index < -0.39 is 0 Å².